The summed E-state index contributed by atoms with van der Waals surface area (Å²) in [5.74, 6) is 0. The van der Waals surface area contributed by atoms with Crippen molar-refractivity contribution in [2.45, 2.75) is 50.4 Å². The SMILES string of the molecule is c1ccc2c(c1)COCC2NC1CCN2CCCC2C1. The maximum atomic E-state index is 5.76. The van der Waals surface area contributed by atoms with Crippen molar-refractivity contribution >= 4 is 0 Å². The Morgan fingerprint density at radius 2 is 2.10 bits per heavy atom. The van der Waals surface area contributed by atoms with Gasteiger partial charge in [-0.05, 0) is 49.9 Å². The van der Waals surface area contributed by atoms with Crippen LogP contribution in [0.5, 0.6) is 0 Å². The molecule has 0 spiro atoms. The molecule has 0 amide bonds. The van der Waals surface area contributed by atoms with Crippen molar-refractivity contribution in [1.82, 2.24) is 10.2 Å². The Labute approximate surface area is 121 Å². The Balaban J connectivity index is 1.45. The van der Waals surface area contributed by atoms with E-state index in [9.17, 15) is 0 Å². The molecule has 3 aliphatic heterocycles. The average Bonchev–Trinajstić information content (AvgIpc) is 2.95. The summed E-state index contributed by atoms with van der Waals surface area (Å²) < 4.78 is 5.76. The zero-order valence-electron chi connectivity index (χ0n) is 12.1. The van der Waals surface area contributed by atoms with E-state index in [0.717, 1.165) is 19.3 Å². The lowest BCUT2D eigenvalue weighted by molar-refractivity contribution is 0.0706. The van der Waals surface area contributed by atoms with E-state index >= 15 is 0 Å². The molecule has 108 valence electrons. The number of nitrogens with one attached hydrogen (secondary N) is 1. The molecule has 0 bridgehead atoms. The number of nitrogens with zero attached hydrogens (tertiary/aromatic N) is 1. The first-order chi connectivity index (χ1) is 9.90. The molecule has 0 aliphatic carbocycles. The van der Waals surface area contributed by atoms with Gasteiger partial charge in [0.25, 0.3) is 0 Å². The fraction of sp³-hybridized carbons (Fsp3) is 0.647. The molecule has 3 aliphatic rings. The van der Waals surface area contributed by atoms with Crippen molar-refractivity contribution in [3.05, 3.63) is 35.4 Å². The normalized spacial score (nSPS) is 33.7. The highest BCUT2D eigenvalue weighted by Gasteiger charge is 2.33. The molecule has 1 aromatic carbocycles. The van der Waals surface area contributed by atoms with E-state index in [4.69, 9.17) is 4.74 Å². The van der Waals surface area contributed by atoms with Gasteiger partial charge in [0.15, 0.2) is 0 Å². The van der Waals surface area contributed by atoms with Gasteiger partial charge < -0.3 is 15.0 Å². The van der Waals surface area contributed by atoms with E-state index < -0.39 is 0 Å². The molecule has 0 aromatic heterocycles. The molecular weight excluding hydrogens is 248 g/mol. The molecule has 1 N–H and O–H groups in total. The van der Waals surface area contributed by atoms with Crippen LogP contribution >= 0.6 is 0 Å². The van der Waals surface area contributed by atoms with Crippen LogP contribution in [0.3, 0.4) is 0 Å². The fourth-order valence-electron chi connectivity index (χ4n) is 4.18. The fourth-order valence-corrected chi connectivity index (χ4v) is 4.18. The van der Waals surface area contributed by atoms with Gasteiger partial charge in [-0.25, -0.2) is 0 Å². The molecule has 3 unspecified atom stereocenters. The smallest absolute Gasteiger partial charge is 0.0721 e. The van der Waals surface area contributed by atoms with Gasteiger partial charge in [0.05, 0.1) is 19.3 Å². The van der Waals surface area contributed by atoms with Crippen molar-refractivity contribution < 1.29 is 4.74 Å². The number of ether oxygens (including phenoxy) is 1. The Kier molecular flexibility index (Phi) is 3.51. The van der Waals surface area contributed by atoms with Crippen molar-refractivity contribution in [3.63, 3.8) is 0 Å². The molecule has 3 atom stereocenters. The zero-order chi connectivity index (χ0) is 13.4. The van der Waals surface area contributed by atoms with Gasteiger partial charge >= 0.3 is 0 Å². The summed E-state index contributed by atoms with van der Waals surface area (Å²) in [6.45, 7) is 4.20. The highest BCUT2D eigenvalue weighted by molar-refractivity contribution is 5.31. The van der Waals surface area contributed by atoms with Crippen molar-refractivity contribution in [3.8, 4) is 0 Å². The monoisotopic (exact) mass is 272 g/mol. The number of piperidine rings is 1. The minimum absolute atomic E-state index is 0.387. The summed E-state index contributed by atoms with van der Waals surface area (Å²) in [6.07, 6.45) is 5.40. The number of benzene rings is 1. The van der Waals surface area contributed by atoms with E-state index in [0.29, 0.717) is 12.1 Å². The van der Waals surface area contributed by atoms with Crippen LogP contribution in [0.1, 0.15) is 42.9 Å². The summed E-state index contributed by atoms with van der Waals surface area (Å²) in [4.78, 5) is 2.68. The maximum absolute atomic E-state index is 5.76. The van der Waals surface area contributed by atoms with E-state index in [-0.39, 0.29) is 0 Å². The van der Waals surface area contributed by atoms with Gasteiger partial charge in [-0.1, -0.05) is 24.3 Å². The minimum Gasteiger partial charge on any atom is -0.375 e. The Morgan fingerprint density at radius 1 is 1.15 bits per heavy atom. The van der Waals surface area contributed by atoms with E-state index in [2.05, 4.69) is 34.5 Å². The van der Waals surface area contributed by atoms with Crippen LogP contribution in [0, 0.1) is 0 Å². The molecule has 0 radical (unpaired) electrons. The van der Waals surface area contributed by atoms with Crippen molar-refractivity contribution in [2.75, 3.05) is 19.7 Å². The van der Waals surface area contributed by atoms with Crippen LogP contribution in [0.15, 0.2) is 24.3 Å². The molecule has 0 saturated carbocycles. The Hall–Kier alpha value is -0.900. The van der Waals surface area contributed by atoms with E-state index in [1.54, 1.807) is 0 Å². The van der Waals surface area contributed by atoms with Gasteiger partial charge in [0, 0.05) is 12.1 Å². The number of hydrogen-bond acceptors (Lipinski definition) is 3. The van der Waals surface area contributed by atoms with Crippen LogP contribution < -0.4 is 5.32 Å². The predicted octanol–water partition coefficient (Wildman–Crippen LogP) is 2.47. The molecule has 3 heterocycles. The average molecular weight is 272 g/mol. The first-order valence-electron chi connectivity index (χ1n) is 8.06. The van der Waals surface area contributed by atoms with E-state index in [1.165, 1.54) is 49.9 Å². The molecule has 3 nitrogen and oxygen atoms in total. The van der Waals surface area contributed by atoms with Gasteiger partial charge in [0.1, 0.15) is 0 Å². The zero-order valence-corrected chi connectivity index (χ0v) is 12.1. The second-order valence-electron chi connectivity index (χ2n) is 6.49. The highest BCUT2D eigenvalue weighted by Crippen LogP contribution is 2.30. The highest BCUT2D eigenvalue weighted by atomic mass is 16.5. The van der Waals surface area contributed by atoms with Crippen molar-refractivity contribution in [2.24, 2.45) is 0 Å². The van der Waals surface area contributed by atoms with Crippen LogP contribution in [0.25, 0.3) is 0 Å². The second-order valence-corrected chi connectivity index (χ2v) is 6.49. The summed E-state index contributed by atoms with van der Waals surface area (Å²) in [6, 6.07) is 10.6. The van der Waals surface area contributed by atoms with Gasteiger partial charge in [0.2, 0.25) is 0 Å². The Bertz CT molecular complexity index is 476. The first kappa shape index (κ1) is 12.8. The molecule has 3 heteroatoms. The first-order valence-corrected chi connectivity index (χ1v) is 8.06. The third kappa shape index (κ3) is 2.39. The number of hydrogen-bond donors (Lipinski definition) is 1. The topological polar surface area (TPSA) is 24.5 Å². The number of rotatable bonds is 2. The lowest BCUT2D eigenvalue weighted by Gasteiger charge is -2.38. The molecule has 1 aromatic rings. The lowest BCUT2D eigenvalue weighted by Crippen LogP contribution is -2.47. The van der Waals surface area contributed by atoms with Crippen LogP contribution in [0.4, 0.5) is 0 Å². The quantitative estimate of drug-likeness (QED) is 0.895. The second kappa shape index (κ2) is 5.47. The van der Waals surface area contributed by atoms with Gasteiger partial charge in [-0.15, -0.1) is 0 Å². The van der Waals surface area contributed by atoms with Gasteiger partial charge in [-0.2, -0.15) is 0 Å². The molecule has 20 heavy (non-hydrogen) atoms. The summed E-state index contributed by atoms with van der Waals surface area (Å²) in [5.41, 5.74) is 2.81. The van der Waals surface area contributed by atoms with Gasteiger partial charge in [-0.3, -0.25) is 0 Å². The standard InChI is InChI=1S/C17H24N2O/c1-2-6-16-13(4-1)11-20-12-17(16)18-14-7-9-19-8-3-5-15(19)10-14/h1-2,4,6,14-15,17-18H,3,5,7-12H2. The largest absolute Gasteiger partial charge is 0.375 e. The molecule has 2 fully saturated rings. The Morgan fingerprint density at radius 3 is 3.10 bits per heavy atom. The third-order valence-corrected chi connectivity index (χ3v) is 5.23. The minimum atomic E-state index is 0.387. The number of fused-ring (bicyclic) bond motifs is 2. The maximum Gasteiger partial charge on any atom is 0.0721 e. The summed E-state index contributed by atoms with van der Waals surface area (Å²) >= 11 is 0. The van der Waals surface area contributed by atoms with Crippen molar-refractivity contribution in [1.29, 1.82) is 0 Å². The third-order valence-electron chi connectivity index (χ3n) is 5.23. The van der Waals surface area contributed by atoms with E-state index in [1.807, 2.05) is 0 Å². The predicted molar refractivity (Wildman–Crippen MR) is 79.6 cm³/mol. The van der Waals surface area contributed by atoms with Crippen LogP contribution in [0.2, 0.25) is 0 Å². The lowest BCUT2D eigenvalue weighted by atomic mass is 9.94. The molecular formula is C17H24N2O. The van der Waals surface area contributed by atoms with Crippen LogP contribution in [-0.4, -0.2) is 36.7 Å². The summed E-state index contributed by atoms with van der Waals surface area (Å²) in [5, 5.41) is 3.87. The summed E-state index contributed by atoms with van der Waals surface area (Å²) in [7, 11) is 0. The van der Waals surface area contributed by atoms with Crippen LogP contribution in [-0.2, 0) is 11.3 Å². The molecule has 2 saturated heterocycles. The molecule has 4 rings (SSSR count).